The predicted octanol–water partition coefficient (Wildman–Crippen LogP) is 3.56. The Morgan fingerprint density at radius 1 is 1.10 bits per heavy atom. The SMILES string of the molecule is CCOC(=O)CCN(Cc1ccccc1)C(=S)NC(=O)/C=C/c1ccc(OC)cc1. The molecule has 30 heavy (non-hydrogen) atoms. The van der Waals surface area contributed by atoms with Gasteiger partial charge in [0.2, 0.25) is 5.91 Å². The number of rotatable bonds is 9. The lowest BCUT2D eigenvalue weighted by Gasteiger charge is -2.25. The topological polar surface area (TPSA) is 67.9 Å². The molecule has 0 radical (unpaired) electrons. The monoisotopic (exact) mass is 426 g/mol. The highest BCUT2D eigenvalue weighted by Gasteiger charge is 2.14. The Balaban J connectivity index is 1.99. The van der Waals surface area contributed by atoms with E-state index in [1.54, 1.807) is 25.0 Å². The van der Waals surface area contributed by atoms with Crippen LogP contribution in [0.2, 0.25) is 0 Å². The second-order valence-corrected chi connectivity index (χ2v) is 6.75. The van der Waals surface area contributed by atoms with E-state index in [4.69, 9.17) is 21.7 Å². The van der Waals surface area contributed by atoms with E-state index in [2.05, 4.69) is 5.32 Å². The molecule has 0 aliphatic carbocycles. The van der Waals surface area contributed by atoms with E-state index >= 15 is 0 Å². The number of carbonyl (C=O) groups is 2. The molecule has 0 saturated heterocycles. The van der Waals surface area contributed by atoms with E-state index in [0.29, 0.717) is 19.7 Å². The molecule has 0 aliphatic rings. The van der Waals surface area contributed by atoms with Crippen LogP contribution in [0.5, 0.6) is 5.75 Å². The summed E-state index contributed by atoms with van der Waals surface area (Å²) in [5.74, 6) is 0.102. The van der Waals surface area contributed by atoms with Gasteiger partial charge in [-0.3, -0.25) is 14.9 Å². The molecule has 1 N–H and O–H groups in total. The molecule has 0 fully saturated rings. The molecular formula is C23H26N2O4S. The molecule has 0 bridgehead atoms. The van der Waals surface area contributed by atoms with Gasteiger partial charge in [0.15, 0.2) is 5.11 Å². The van der Waals surface area contributed by atoms with Crippen LogP contribution >= 0.6 is 12.2 Å². The maximum Gasteiger partial charge on any atom is 0.307 e. The van der Waals surface area contributed by atoms with Crippen LogP contribution < -0.4 is 10.1 Å². The highest BCUT2D eigenvalue weighted by atomic mass is 32.1. The van der Waals surface area contributed by atoms with E-state index in [-0.39, 0.29) is 23.4 Å². The van der Waals surface area contributed by atoms with Crippen LogP contribution in [0.3, 0.4) is 0 Å². The third-order valence-corrected chi connectivity index (χ3v) is 4.53. The largest absolute Gasteiger partial charge is 0.497 e. The van der Waals surface area contributed by atoms with Crippen LogP contribution in [0.25, 0.3) is 6.08 Å². The number of hydrogen-bond donors (Lipinski definition) is 1. The van der Waals surface area contributed by atoms with Crippen molar-refractivity contribution in [2.45, 2.75) is 19.9 Å². The molecule has 1 amide bonds. The Labute approximate surface area is 182 Å². The molecule has 0 aromatic heterocycles. The summed E-state index contributed by atoms with van der Waals surface area (Å²) in [5, 5.41) is 2.96. The summed E-state index contributed by atoms with van der Waals surface area (Å²) in [6.45, 7) is 2.91. The molecule has 0 heterocycles. The number of carbonyl (C=O) groups excluding carboxylic acids is 2. The van der Waals surface area contributed by atoms with Crippen molar-refractivity contribution in [3.05, 3.63) is 71.8 Å². The van der Waals surface area contributed by atoms with E-state index in [0.717, 1.165) is 16.9 Å². The molecule has 7 heteroatoms. The number of hydrogen-bond acceptors (Lipinski definition) is 5. The number of ether oxygens (including phenoxy) is 2. The van der Waals surface area contributed by atoms with E-state index in [1.807, 2.05) is 54.6 Å². The zero-order chi connectivity index (χ0) is 21.8. The lowest BCUT2D eigenvalue weighted by molar-refractivity contribution is -0.143. The first kappa shape index (κ1) is 23.1. The van der Waals surface area contributed by atoms with Crippen LogP contribution in [0.4, 0.5) is 0 Å². The van der Waals surface area contributed by atoms with E-state index in [1.165, 1.54) is 6.08 Å². The number of methoxy groups -OCH3 is 1. The molecule has 2 aromatic rings. The zero-order valence-corrected chi connectivity index (χ0v) is 18.0. The number of amides is 1. The molecule has 158 valence electrons. The lowest BCUT2D eigenvalue weighted by Crippen LogP contribution is -2.42. The zero-order valence-electron chi connectivity index (χ0n) is 17.2. The standard InChI is InChI=1S/C23H26N2O4S/c1-3-29-22(27)15-16-25(17-19-7-5-4-6-8-19)23(30)24-21(26)14-11-18-9-12-20(28-2)13-10-18/h4-14H,3,15-17H2,1-2H3,(H,24,26,30)/b14-11+. The summed E-state index contributed by atoms with van der Waals surface area (Å²) in [6, 6.07) is 17.0. The van der Waals surface area contributed by atoms with Gasteiger partial charge in [0, 0.05) is 19.2 Å². The van der Waals surface area contributed by atoms with Gasteiger partial charge in [-0.1, -0.05) is 42.5 Å². The molecular weight excluding hydrogens is 400 g/mol. The second-order valence-electron chi connectivity index (χ2n) is 6.36. The van der Waals surface area contributed by atoms with Crippen molar-refractivity contribution in [2.24, 2.45) is 0 Å². The van der Waals surface area contributed by atoms with Gasteiger partial charge in [-0.2, -0.15) is 0 Å². The summed E-state index contributed by atoms with van der Waals surface area (Å²) in [4.78, 5) is 25.8. The van der Waals surface area contributed by atoms with Crippen molar-refractivity contribution in [3.8, 4) is 5.75 Å². The maximum absolute atomic E-state index is 12.3. The quantitative estimate of drug-likeness (QED) is 0.376. The maximum atomic E-state index is 12.3. The Morgan fingerprint density at radius 3 is 2.43 bits per heavy atom. The lowest BCUT2D eigenvalue weighted by atomic mass is 10.2. The minimum atomic E-state index is -0.343. The number of nitrogens with zero attached hydrogens (tertiary/aromatic N) is 1. The van der Waals surface area contributed by atoms with Gasteiger partial charge >= 0.3 is 5.97 Å². The molecule has 2 rings (SSSR count). The van der Waals surface area contributed by atoms with Crippen LogP contribution in [0, 0.1) is 0 Å². The van der Waals surface area contributed by atoms with E-state index in [9.17, 15) is 9.59 Å². The molecule has 0 aliphatic heterocycles. The van der Waals surface area contributed by atoms with Gasteiger partial charge in [0.25, 0.3) is 0 Å². The number of esters is 1. The highest BCUT2D eigenvalue weighted by molar-refractivity contribution is 7.80. The van der Waals surface area contributed by atoms with Gasteiger partial charge in [-0.15, -0.1) is 0 Å². The third-order valence-electron chi connectivity index (χ3n) is 4.17. The summed E-state index contributed by atoms with van der Waals surface area (Å²) in [5.41, 5.74) is 1.88. The smallest absolute Gasteiger partial charge is 0.307 e. The third kappa shape index (κ3) is 8.05. The average molecular weight is 427 g/mol. The Morgan fingerprint density at radius 2 is 1.80 bits per heavy atom. The molecule has 0 atom stereocenters. The highest BCUT2D eigenvalue weighted by Crippen LogP contribution is 2.12. The number of benzene rings is 2. The molecule has 0 spiro atoms. The van der Waals surface area contributed by atoms with Gasteiger partial charge in [-0.25, -0.2) is 0 Å². The van der Waals surface area contributed by atoms with Gasteiger partial charge in [0.05, 0.1) is 20.1 Å². The fourth-order valence-corrected chi connectivity index (χ4v) is 2.89. The normalized spacial score (nSPS) is 10.5. The number of nitrogens with one attached hydrogen (secondary N) is 1. The van der Waals surface area contributed by atoms with Crippen molar-refractivity contribution in [3.63, 3.8) is 0 Å². The molecule has 2 aromatic carbocycles. The fourth-order valence-electron chi connectivity index (χ4n) is 2.63. The minimum absolute atomic E-state index is 0.179. The van der Waals surface area contributed by atoms with Crippen LogP contribution in [-0.2, 0) is 20.9 Å². The summed E-state index contributed by atoms with van der Waals surface area (Å²) >= 11 is 5.42. The van der Waals surface area contributed by atoms with Gasteiger partial charge < -0.3 is 14.4 Å². The van der Waals surface area contributed by atoms with Crippen molar-refractivity contribution in [2.75, 3.05) is 20.3 Å². The van der Waals surface area contributed by atoms with Crippen LogP contribution in [0.15, 0.2) is 60.7 Å². The van der Waals surface area contributed by atoms with Gasteiger partial charge in [-0.05, 0) is 48.5 Å². The summed E-state index contributed by atoms with van der Waals surface area (Å²) in [6.07, 6.45) is 3.29. The fraction of sp³-hybridized carbons (Fsp3) is 0.261. The second kappa shape index (κ2) is 12.4. The predicted molar refractivity (Wildman–Crippen MR) is 121 cm³/mol. The Kier molecular flexibility index (Phi) is 9.54. The summed E-state index contributed by atoms with van der Waals surface area (Å²) in [7, 11) is 1.60. The van der Waals surface area contributed by atoms with Crippen LogP contribution in [0.1, 0.15) is 24.5 Å². The first-order valence-corrected chi connectivity index (χ1v) is 10.0. The number of thiocarbonyl (C=S) groups is 1. The van der Waals surface area contributed by atoms with Crippen molar-refractivity contribution in [1.29, 1.82) is 0 Å². The van der Waals surface area contributed by atoms with Crippen molar-refractivity contribution < 1.29 is 19.1 Å². The van der Waals surface area contributed by atoms with Gasteiger partial charge in [0.1, 0.15) is 5.75 Å². The van der Waals surface area contributed by atoms with Crippen LogP contribution in [-0.4, -0.2) is 42.2 Å². The summed E-state index contributed by atoms with van der Waals surface area (Å²) < 4.78 is 10.1. The molecule has 6 nitrogen and oxygen atoms in total. The Bertz CT molecular complexity index is 867. The van der Waals surface area contributed by atoms with E-state index < -0.39 is 0 Å². The molecule has 0 saturated carbocycles. The first-order valence-electron chi connectivity index (χ1n) is 9.63. The first-order chi connectivity index (χ1) is 14.5. The minimum Gasteiger partial charge on any atom is -0.497 e. The Hall–Kier alpha value is -3.19. The molecule has 0 unspecified atom stereocenters. The van der Waals surface area contributed by atoms with Crippen molar-refractivity contribution >= 4 is 35.3 Å². The average Bonchev–Trinajstić information content (AvgIpc) is 2.76. The van der Waals surface area contributed by atoms with Crippen molar-refractivity contribution in [1.82, 2.24) is 10.2 Å².